The maximum atomic E-state index is 5.68. The quantitative estimate of drug-likeness (QED) is 0.877. The minimum absolute atomic E-state index is 0.262. The number of nitrogens with zero attached hydrogens (tertiary/aromatic N) is 1. The topological polar surface area (TPSA) is 34.1 Å². The zero-order valence-corrected chi connectivity index (χ0v) is 11.8. The lowest BCUT2D eigenvalue weighted by Crippen LogP contribution is -2.18. The van der Waals surface area contributed by atoms with Crippen molar-refractivity contribution in [3.05, 3.63) is 15.6 Å². The fourth-order valence-corrected chi connectivity index (χ4v) is 3.12. The van der Waals surface area contributed by atoms with E-state index >= 15 is 0 Å². The van der Waals surface area contributed by atoms with Gasteiger partial charge in [-0.25, -0.2) is 4.98 Å². The van der Waals surface area contributed by atoms with Gasteiger partial charge in [-0.05, 0) is 32.2 Å². The van der Waals surface area contributed by atoms with Gasteiger partial charge in [-0.3, -0.25) is 0 Å². The Morgan fingerprint density at radius 1 is 1.53 bits per heavy atom. The van der Waals surface area contributed by atoms with Gasteiger partial charge in [0.25, 0.3) is 0 Å². The van der Waals surface area contributed by atoms with E-state index in [4.69, 9.17) is 4.74 Å². The van der Waals surface area contributed by atoms with Gasteiger partial charge in [-0.15, -0.1) is 11.3 Å². The van der Waals surface area contributed by atoms with Gasteiger partial charge < -0.3 is 10.1 Å². The third-order valence-electron chi connectivity index (χ3n) is 2.95. The lowest BCUT2D eigenvalue weighted by Gasteiger charge is -2.06. The van der Waals surface area contributed by atoms with Crippen LogP contribution >= 0.6 is 11.3 Å². The molecule has 1 atom stereocenters. The average molecular weight is 254 g/mol. The molecule has 2 heterocycles. The van der Waals surface area contributed by atoms with E-state index in [0.29, 0.717) is 5.92 Å². The van der Waals surface area contributed by atoms with Crippen LogP contribution in [0.5, 0.6) is 0 Å². The molecule has 1 fully saturated rings. The summed E-state index contributed by atoms with van der Waals surface area (Å²) in [6, 6.07) is 0. The fourth-order valence-electron chi connectivity index (χ4n) is 2.00. The first-order chi connectivity index (χ1) is 8.16. The fraction of sp³-hybridized carbons (Fsp3) is 0.769. The van der Waals surface area contributed by atoms with Crippen molar-refractivity contribution in [2.75, 3.05) is 13.2 Å². The molecule has 0 aromatic carbocycles. The number of hydrogen-bond donors (Lipinski definition) is 1. The Morgan fingerprint density at radius 2 is 2.35 bits per heavy atom. The highest BCUT2D eigenvalue weighted by molar-refractivity contribution is 7.11. The van der Waals surface area contributed by atoms with Gasteiger partial charge in [-0.1, -0.05) is 13.8 Å². The van der Waals surface area contributed by atoms with Crippen LogP contribution in [0, 0.1) is 12.8 Å². The van der Waals surface area contributed by atoms with E-state index < -0.39 is 0 Å². The molecule has 1 aromatic heterocycles. The van der Waals surface area contributed by atoms with Crippen LogP contribution in [0.1, 0.15) is 48.4 Å². The molecule has 0 bridgehead atoms. The molecule has 0 spiro atoms. The van der Waals surface area contributed by atoms with Crippen LogP contribution in [-0.4, -0.2) is 18.1 Å². The van der Waals surface area contributed by atoms with Crippen LogP contribution in [0.3, 0.4) is 0 Å². The van der Waals surface area contributed by atoms with Crippen molar-refractivity contribution in [2.24, 2.45) is 5.92 Å². The van der Waals surface area contributed by atoms with Crippen molar-refractivity contribution in [3.8, 4) is 0 Å². The molecule has 2 rings (SSSR count). The van der Waals surface area contributed by atoms with E-state index in [-0.39, 0.29) is 6.10 Å². The second-order valence-electron chi connectivity index (χ2n) is 5.09. The summed E-state index contributed by atoms with van der Waals surface area (Å²) < 4.78 is 5.68. The van der Waals surface area contributed by atoms with Crippen LogP contribution in [-0.2, 0) is 11.3 Å². The smallest absolute Gasteiger partial charge is 0.122 e. The first-order valence-corrected chi connectivity index (χ1v) is 7.27. The van der Waals surface area contributed by atoms with E-state index in [0.717, 1.165) is 31.8 Å². The highest BCUT2D eigenvalue weighted by Crippen LogP contribution is 2.32. The molecular weight excluding hydrogens is 232 g/mol. The van der Waals surface area contributed by atoms with E-state index in [9.17, 15) is 0 Å². The SMILES string of the molecule is Cc1nc(C2CCCO2)sc1CNCC(C)C. The van der Waals surface area contributed by atoms with Crippen molar-refractivity contribution >= 4 is 11.3 Å². The van der Waals surface area contributed by atoms with Gasteiger partial charge >= 0.3 is 0 Å². The van der Waals surface area contributed by atoms with E-state index in [1.807, 2.05) is 11.3 Å². The van der Waals surface area contributed by atoms with Crippen LogP contribution in [0.4, 0.5) is 0 Å². The molecule has 1 aliphatic rings. The number of nitrogens with one attached hydrogen (secondary N) is 1. The van der Waals surface area contributed by atoms with E-state index in [2.05, 4.69) is 31.1 Å². The van der Waals surface area contributed by atoms with E-state index in [1.54, 1.807) is 0 Å². The molecule has 4 heteroatoms. The average Bonchev–Trinajstić information content (AvgIpc) is 2.87. The van der Waals surface area contributed by atoms with Crippen LogP contribution in [0.15, 0.2) is 0 Å². The Hall–Kier alpha value is -0.450. The van der Waals surface area contributed by atoms with Crippen LogP contribution < -0.4 is 5.32 Å². The van der Waals surface area contributed by atoms with Gasteiger partial charge in [0.05, 0.1) is 5.69 Å². The number of rotatable bonds is 5. The largest absolute Gasteiger partial charge is 0.371 e. The molecule has 1 aliphatic heterocycles. The molecule has 0 aliphatic carbocycles. The molecular formula is C13H22N2OS. The maximum Gasteiger partial charge on any atom is 0.122 e. The monoisotopic (exact) mass is 254 g/mol. The normalized spacial score (nSPS) is 20.4. The highest BCUT2D eigenvalue weighted by atomic mass is 32.1. The summed E-state index contributed by atoms with van der Waals surface area (Å²) in [7, 11) is 0. The molecule has 1 N–H and O–H groups in total. The zero-order chi connectivity index (χ0) is 12.3. The van der Waals surface area contributed by atoms with Gasteiger partial charge in [0.15, 0.2) is 0 Å². The molecule has 96 valence electrons. The van der Waals surface area contributed by atoms with Gasteiger partial charge in [0.2, 0.25) is 0 Å². The van der Waals surface area contributed by atoms with Crippen molar-refractivity contribution in [2.45, 2.75) is 46.3 Å². The lowest BCUT2D eigenvalue weighted by molar-refractivity contribution is 0.111. The second-order valence-corrected chi connectivity index (χ2v) is 6.20. The number of aromatic nitrogens is 1. The summed E-state index contributed by atoms with van der Waals surface area (Å²) in [6.07, 6.45) is 2.56. The van der Waals surface area contributed by atoms with Crippen molar-refractivity contribution < 1.29 is 4.74 Å². The molecule has 0 radical (unpaired) electrons. The summed E-state index contributed by atoms with van der Waals surface area (Å²) in [4.78, 5) is 6.00. The molecule has 3 nitrogen and oxygen atoms in total. The lowest BCUT2D eigenvalue weighted by atomic mass is 10.2. The molecule has 1 aromatic rings. The molecule has 0 saturated carbocycles. The van der Waals surface area contributed by atoms with Gasteiger partial charge in [-0.2, -0.15) is 0 Å². The minimum Gasteiger partial charge on any atom is -0.371 e. The summed E-state index contributed by atoms with van der Waals surface area (Å²) in [5.41, 5.74) is 1.16. The number of hydrogen-bond acceptors (Lipinski definition) is 4. The van der Waals surface area contributed by atoms with Gasteiger partial charge in [0.1, 0.15) is 11.1 Å². The summed E-state index contributed by atoms with van der Waals surface area (Å²) in [5, 5.41) is 4.64. The molecule has 17 heavy (non-hydrogen) atoms. The third kappa shape index (κ3) is 3.50. The first kappa shape index (κ1) is 13.0. The summed E-state index contributed by atoms with van der Waals surface area (Å²) in [5.74, 6) is 0.695. The van der Waals surface area contributed by atoms with Crippen LogP contribution in [0.2, 0.25) is 0 Å². The standard InChI is InChI=1S/C13H22N2OS/c1-9(2)7-14-8-12-10(3)15-13(17-12)11-5-4-6-16-11/h9,11,14H,4-8H2,1-3H3. The van der Waals surface area contributed by atoms with Crippen molar-refractivity contribution in [1.82, 2.24) is 10.3 Å². The number of thiazole rings is 1. The maximum absolute atomic E-state index is 5.68. The number of aryl methyl sites for hydroxylation is 1. The second kappa shape index (κ2) is 5.94. The van der Waals surface area contributed by atoms with Crippen molar-refractivity contribution in [3.63, 3.8) is 0 Å². The zero-order valence-electron chi connectivity index (χ0n) is 11.0. The Kier molecular flexibility index (Phi) is 4.54. The molecule has 1 saturated heterocycles. The van der Waals surface area contributed by atoms with Crippen molar-refractivity contribution in [1.29, 1.82) is 0 Å². The minimum atomic E-state index is 0.262. The summed E-state index contributed by atoms with van der Waals surface area (Å²) in [6.45, 7) is 9.45. The van der Waals surface area contributed by atoms with Gasteiger partial charge in [0, 0.05) is 18.0 Å². The highest BCUT2D eigenvalue weighted by Gasteiger charge is 2.22. The third-order valence-corrected chi connectivity index (χ3v) is 4.20. The Balaban J connectivity index is 1.93. The first-order valence-electron chi connectivity index (χ1n) is 6.45. The molecule has 1 unspecified atom stereocenters. The van der Waals surface area contributed by atoms with Crippen LogP contribution in [0.25, 0.3) is 0 Å². The predicted molar refractivity (Wildman–Crippen MR) is 71.3 cm³/mol. The summed E-state index contributed by atoms with van der Waals surface area (Å²) >= 11 is 1.81. The van der Waals surface area contributed by atoms with E-state index in [1.165, 1.54) is 16.3 Å². The predicted octanol–water partition coefficient (Wildman–Crippen LogP) is 3.05. The Bertz CT molecular complexity index is 356. The number of ether oxygens (including phenoxy) is 1. The Morgan fingerprint density at radius 3 is 3.00 bits per heavy atom. The Labute approximate surface area is 108 Å². The molecule has 0 amide bonds.